The van der Waals surface area contributed by atoms with Crippen molar-refractivity contribution in [3.8, 4) is 11.3 Å². The number of halogens is 6. The maximum absolute atomic E-state index is 10.6. The largest absolute Gasteiger partial charge is 0.490 e. The minimum Gasteiger partial charge on any atom is -0.475 e. The fourth-order valence-corrected chi connectivity index (χ4v) is 4.07. The molecule has 1 saturated heterocycles. The number of alkyl halides is 6. The summed E-state index contributed by atoms with van der Waals surface area (Å²) < 4.78 is 71.0. The third-order valence-electron chi connectivity index (χ3n) is 6.12. The van der Waals surface area contributed by atoms with E-state index in [4.69, 9.17) is 29.2 Å². The van der Waals surface area contributed by atoms with Gasteiger partial charge in [-0.15, -0.1) is 0 Å². The van der Waals surface area contributed by atoms with E-state index >= 15 is 0 Å². The number of pyridine rings is 2. The second kappa shape index (κ2) is 13.5. The fraction of sp³-hybridized carbons (Fsp3) is 0.346. The van der Waals surface area contributed by atoms with E-state index in [9.17, 15) is 26.3 Å². The van der Waals surface area contributed by atoms with Gasteiger partial charge in [-0.25, -0.2) is 14.6 Å². The Morgan fingerprint density at radius 3 is 2.14 bits per heavy atom. The van der Waals surface area contributed by atoms with Gasteiger partial charge in [-0.2, -0.15) is 26.3 Å². The molecule has 0 radical (unpaired) electrons. The van der Waals surface area contributed by atoms with Crippen molar-refractivity contribution in [2.45, 2.75) is 37.7 Å². The summed E-state index contributed by atoms with van der Waals surface area (Å²) in [6.07, 6.45) is -0.700. The van der Waals surface area contributed by atoms with Gasteiger partial charge in [0.25, 0.3) is 0 Å². The molecule has 0 saturated carbocycles. The molecule has 0 spiro atoms. The highest BCUT2D eigenvalue weighted by molar-refractivity contribution is 5.89. The van der Waals surface area contributed by atoms with Crippen LogP contribution in [-0.4, -0.2) is 72.0 Å². The summed E-state index contributed by atoms with van der Waals surface area (Å²) in [5, 5.41) is 14.2. The summed E-state index contributed by atoms with van der Waals surface area (Å²) in [6, 6.07) is 10.2. The van der Waals surface area contributed by atoms with Crippen LogP contribution in [0.3, 0.4) is 0 Å². The number of nitrogens with zero attached hydrogens (tertiary/aromatic N) is 5. The molecule has 226 valence electrons. The lowest BCUT2D eigenvalue weighted by atomic mass is 9.92. The molecule has 0 aromatic carbocycles. The number of aliphatic carboxylic acids is 2. The van der Waals surface area contributed by atoms with Crippen molar-refractivity contribution in [3.63, 3.8) is 0 Å². The number of carboxylic acid groups (broad SMARTS) is 2. The van der Waals surface area contributed by atoms with Crippen LogP contribution in [0.25, 0.3) is 22.3 Å². The van der Waals surface area contributed by atoms with Crippen LogP contribution < -0.4 is 0 Å². The molecule has 16 heteroatoms. The molecule has 4 aromatic rings. The lowest BCUT2D eigenvalue weighted by Gasteiger charge is -2.31. The van der Waals surface area contributed by atoms with Crippen LogP contribution in [-0.2, 0) is 23.2 Å². The molecule has 1 fully saturated rings. The standard InChI is InChI=1S/C22H23N5O.2C2HF3O2/c1-26-15-24-22-20(26)12-19(25-21(22)17-4-2-8-23-13-17)16-6-9-27(10-7-16)14-18-5-3-11-28-18;2*3-2(4,5)1(6)7/h2-5,8,11-13,15-16H,6-7,9-10,14H2,1H3;2*(H,6,7). The lowest BCUT2D eigenvalue weighted by molar-refractivity contribution is -0.193. The number of carbonyl (C=O) groups is 2. The Bertz CT molecular complexity index is 1440. The van der Waals surface area contributed by atoms with Crippen LogP contribution in [0.1, 0.15) is 30.2 Å². The minimum atomic E-state index is -5.08. The smallest absolute Gasteiger partial charge is 0.475 e. The van der Waals surface area contributed by atoms with Crippen molar-refractivity contribution in [1.29, 1.82) is 0 Å². The van der Waals surface area contributed by atoms with Crippen LogP contribution in [0, 0.1) is 0 Å². The van der Waals surface area contributed by atoms with E-state index in [1.54, 1.807) is 12.5 Å². The molecule has 1 aliphatic rings. The number of aryl methyl sites for hydroxylation is 1. The SMILES string of the molecule is Cn1cnc2c(-c3cccnc3)nc(C3CCN(Cc4ccco4)CC3)cc21.O=C(O)C(F)(F)F.O=C(O)C(F)(F)F. The first kappa shape index (κ1) is 32.0. The van der Waals surface area contributed by atoms with Crippen molar-refractivity contribution >= 4 is 23.0 Å². The number of piperidine rings is 1. The van der Waals surface area contributed by atoms with E-state index in [1.807, 2.05) is 37.8 Å². The first-order chi connectivity index (χ1) is 19.7. The van der Waals surface area contributed by atoms with Gasteiger partial charge in [0.2, 0.25) is 0 Å². The van der Waals surface area contributed by atoms with Gasteiger partial charge < -0.3 is 19.2 Å². The number of rotatable bonds is 4. The van der Waals surface area contributed by atoms with Crippen molar-refractivity contribution in [3.05, 3.63) is 66.8 Å². The number of hydrogen-bond donors (Lipinski definition) is 2. The normalized spacial score (nSPS) is 14.5. The van der Waals surface area contributed by atoms with Gasteiger partial charge in [0, 0.05) is 36.6 Å². The number of furan rings is 1. The zero-order chi connectivity index (χ0) is 31.1. The van der Waals surface area contributed by atoms with Gasteiger partial charge in [0.15, 0.2) is 0 Å². The first-order valence-corrected chi connectivity index (χ1v) is 12.2. The molecule has 0 bridgehead atoms. The Kier molecular flexibility index (Phi) is 10.3. The Hall–Kier alpha value is -4.47. The highest BCUT2D eigenvalue weighted by Gasteiger charge is 2.38. The van der Waals surface area contributed by atoms with Crippen LogP contribution in [0.5, 0.6) is 0 Å². The molecule has 5 heterocycles. The Morgan fingerprint density at radius 2 is 1.64 bits per heavy atom. The van der Waals surface area contributed by atoms with E-state index in [1.165, 1.54) is 0 Å². The summed E-state index contributed by atoms with van der Waals surface area (Å²) >= 11 is 0. The van der Waals surface area contributed by atoms with E-state index in [0.717, 1.165) is 66.2 Å². The Balaban J connectivity index is 0.000000289. The number of carboxylic acids is 2. The molecule has 5 rings (SSSR count). The second-order valence-corrected chi connectivity index (χ2v) is 9.10. The third-order valence-corrected chi connectivity index (χ3v) is 6.12. The molecule has 0 atom stereocenters. The van der Waals surface area contributed by atoms with Gasteiger partial charge in [-0.3, -0.25) is 14.9 Å². The van der Waals surface area contributed by atoms with E-state index in [0.29, 0.717) is 5.92 Å². The van der Waals surface area contributed by atoms with Gasteiger partial charge in [-0.1, -0.05) is 0 Å². The number of fused-ring (bicyclic) bond motifs is 1. The number of aromatic nitrogens is 4. The van der Waals surface area contributed by atoms with Crippen molar-refractivity contribution < 1.29 is 50.6 Å². The quantitative estimate of drug-likeness (QED) is 0.300. The zero-order valence-corrected chi connectivity index (χ0v) is 21.9. The second-order valence-electron chi connectivity index (χ2n) is 9.10. The zero-order valence-electron chi connectivity index (χ0n) is 21.9. The van der Waals surface area contributed by atoms with Gasteiger partial charge in [0.05, 0.1) is 30.3 Å². The predicted molar refractivity (Wildman–Crippen MR) is 135 cm³/mol. The molecular weight excluding hydrogens is 576 g/mol. The lowest BCUT2D eigenvalue weighted by Crippen LogP contribution is -2.32. The molecule has 4 aromatic heterocycles. The van der Waals surface area contributed by atoms with Crippen LogP contribution in [0.2, 0.25) is 0 Å². The maximum atomic E-state index is 10.6. The number of imidazole rings is 1. The molecule has 0 amide bonds. The third kappa shape index (κ3) is 8.76. The van der Waals surface area contributed by atoms with Crippen LogP contribution in [0.4, 0.5) is 26.3 Å². The van der Waals surface area contributed by atoms with Crippen LogP contribution in [0.15, 0.2) is 59.7 Å². The monoisotopic (exact) mass is 601 g/mol. The molecule has 2 N–H and O–H groups in total. The molecule has 10 nitrogen and oxygen atoms in total. The van der Waals surface area contributed by atoms with Crippen molar-refractivity contribution in [2.24, 2.45) is 7.05 Å². The fourth-order valence-electron chi connectivity index (χ4n) is 4.07. The van der Waals surface area contributed by atoms with E-state index in [-0.39, 0.29) is 0 Å². The number of hydrogen-bond acceptors (Lipinski definition) is 7. The van der Waals surface area contributed by atoms with Crippen molar-refractivity contribution in [1.82, 2.24) is 24.4 Å². The summed E-state index contributed by atoms with van der Waals surface area (Å²) in [5.41, 5.74) is 5.17. The molecule has 0 aliphatic carbocycles. The summed E-state index contributed by atoms with van der Waals surface area (Å²) in [7, 11) is 2.04. The molecule has 1 aliphatic heterocycles. The summed E-state index contributed by atoms with van der Waals surface area (Å²) in [6.45, 7) is 2.99. The topological polar surface area (TPSA) is 135 Å². The summed E-state index contributed by atoms with van der Waals surface area (Å²) in [4.78, 5) is 34.2. The highest BCUT2D eigenvalue weighted by Crippen LogP contribution is 2.33. The molecule has 42 heavy (non-hydrogen) atoms. The van der Waals surface area contributed by atoms with E-state index in [2.05, 4.69) is 31.6 Å². The maximum Gasteiger partial charge on any atom is 0.490 e. The minimum absolute atomic E-state index is 0.461. The van der Waals surface area contributed by atoms with Gasteiger partial charge in [-0.05, 0) is 56.3 Å². The predicted octanol–water partition coefficient (Wildman–Crippen LogP) is 5.27. The average molecular weight is 602 g/mol. The Morgan fingerprint density at radius 1 is 1.02 bits per heavy atom. The first-order valence-electron chi connectivity index (χ1n) is 12.2. The average Bonchev–Trinajstić information content (AvgIpc) is 3.58. The summed E-state index contributed by atoms with van der Waals surface area (Å²) in [5.74, 6) is -4.02. The Labute approximate surface area is 234 Å². The van der Waals surface area contributed by atoms with Crippen molar-refractivity contribution in [2.75, 3.05) is 13.1 Å². The molecular formula is C26H25F6N5O5. The van der Waals surface area contributed by atoms with Gasteiger partial charge >= 0.3 is 24.3 Å². The number of likely N-dealkylation sites (tertiary alicyclic amines) is 1. The van der Waals surface area contributed by atoms with Gasteiger partial charge in [0.1, 0.15) is 11.3 Å². The highest BCUT2D eigenvalue weighted by atomic mass is 19.4. The van der Waals surface area contributed by atoms with Crippen LogP contribution >= 0.6 is 0 Å². The van der Waals surface area contributed by atoms with E-state index < -0.39 is 24.3 Å². The molecule has 0 unspecified atom stereocenters.